The normalized spacial score (nSPS) is 22.9. The van der Waals surface area contributed by atoms with E-state index < -0.39 is 31.1 Å². The number of anilines is 1. The van der Waals surface area contributed by atoms with Gasteiger partial charge < -0.3 is 18.6 Å². The number of hydrogen-bond donors (Lipinski definition) is 2. The van der Waals surface area contributed by atoms with Gasteiger partial charge in [-0.1, -0.05) is 19.6 Å². The maximum Gasteiger partial charge on any atom is 0.280 e. The molecule has 0 bridgehead atoms. The van der Waals surface area contributed by atoms with Gasteiger partial charge in [0.2, 0.25) is 0 Å². The fourth-order valence-electron chi connectivity index (χ4n) is 3.50. The number of fused-ring (bicyclic) bond motifs is 1. The van der Waals surface area contributed by atoms with Crippen molar-refractivity contribution >= 4 is 42.0 Å². The van der Waals surface area contributed by atoms with E-state index in [1.54, 1.807) is 6.33 Å². The van der Waals surface area contributed by atoms with Crippen LogP contribution in [0, 0.1) is 0 Å². The van der Waals surface area contributed by atoms with Crippen LogP contribution in [0.2, 0.25) is 58.9 Å². The molecule has 9 nitrogen and oxygen atoms in total. The predicted octanol–water partition coefficient (Wildman–Crippen LogP) is 3.73. The highest BCUT2D eigenvalue weighted by atomic mass is 28.4. The summed E-state index contributed by atoms with van der Waals surface area (Å²) >= 11 is 0. The van der Waals surface area contributed by atoms with Crippen molar-refractivity contribution in [1.29, 1.82) is 0 Å². The molecule has 1 saturated heterocycles. The van der Waals surface area contributed by atoms with E-state index in [0.29, 0.717) is 23.7 Å². The first-order valence-corrected chi connectivity index (χ1v) is 21.2. The maximum absolute atomic E-state index is 12.6. The molecule has 2 aromatic rings. The number of aromatic nitrogens is 4. The van der Waals surface area contributed by atoms with E-state index in [9.17, 15) is 4.79 Å². The van der Waals surface area contributed by atoms with Crippen LogP contribution in [0.3, 0.4) is 0 Å². The lowest BCUT2D eigenvalue weighted by atomic mass is 10.2. The van der Waals surface area contributed by atoms with E-state index in [1.807, 2.05) is 4.57 Å². The van der Waals surface area contributed by atoms with Crippen molar-refractivity contribution in [3.63, 3.8) is 0 Å². The van der Waals surface area contributed by atoms with Gasteiger partial charge in [-0.25, -0.2) is 4.98 Å². The second-order valence-corrected chi connectivity index (χ2v) is 24.9. The predicted molar refractivity (Wildman–Crippen MR) is 131 cm³/mol. The number of H-pyrrole nitrogens is 1. The van der Waals surface area contributed by atoms with Crippen LogP contribution in [0.5, 0.6) is 0 Å². The van der Waals surface area contributed by atoms with Crippen molar-refractivity contribution in [3.8, 4) is 0 Å². The Hall–Kier alpha value is -1.32. The Morgan fingerprint density at radius 3 is 2.42 bits per heavy atom. The number of nitrogens with zero attached hydrogens (tertiary/aromatic N) is 3. The Morgan fingerprint density at radius 2 is 1.84 bits per heavy atom. The van der Waals surface area contributed by atoms with Crippen LogP contribution in [0.4, 0.5) is 5.95 Å². The van der Waals surface area contributed by atoms with E-state index in [1.165, 1.54) is 0 Å². The van der Waals surface area contributed by atoms with E-state index in [2.05, 4.69) is 78.9 Å². The van der Waals surface area contributed by atoms with Gasteiger partial charge in [0.1, 0.15) is 8.24 Å². The van der Waals surface area contributed by atoms with Crippen LogP contribution in [0.15, 0.2) is 11.1 Å². The van der Waals surface area contributed by atoms with Gasteiger partial charge in [-0.2, -0.15) is 4.98 Å². The number of rotatable bonds is 8. The van der Waals surface area contributed by atoms with Crippen LogP contribution < -0.4 is 10.5 Å². The fourth-order valence-corrected chi connectivity index (χ4v) is 6.13. The third-order valence-corrected chi connectivity index (χ3v) is 7.58. The summed E-state index contributed by atoms with van der Waals surface area (Å²) in [5.41, 5.74) is 0.549. The average molecular weight is 484 g/mol. The zero-order chi connectivity index (χ0) is 23.2. The molecule has 3 heterocycles. The number of aromatic amines is 1. The molecule has 1 aliphatic rings. The van der Waals surface area contributed by atoms with Gasteiger partial charge in [-0.3, -0.25) is 14.3 Å². The number of ether oxygens (including phenoxy) is 1. The Labute approximate surface area is 187 Å². The van der Waals surface area contributed by atoms with Crippen LogP contribution in [-0.2, 0) is 13.6 Å². The quantitative estimate of drug-likeness (QED) is 0.551. The third-order valence-electron chi connectivity index (χ3n) is 4.55. The fraction of sp³-hybridized carbons (Fsp3) is 0.737. The van der Waals surface area contributed by atoms with Crippen molar-refractivity contribution in [3.05, 3.63) is 16.7 Å². The number of hydrogen-bond acceptors (Lipinski definition) is 7. The van der Waals surface area contributed by atoms with E-state index in [4.69, 9.17) is 13.6 Å². The number of nitrogens with one attached hydrogen (secondary N) is 2. The molecular formula is C19H37N5O4Si3. The minimum absolute atomic E-state index is 0.0721. The lowest BCUT2D eigenvalue weighted by molar-refractivity contribution is -0.0428. The standard InChI is InChI=1S/C19H37N5O4Si3/c1-29(2,3)23-19-21-16-15(17(25)22-19)20-12-24(16)18-14(28-31(7,8)9)10-13(27-18)11-26-30(4,5)6/h12-14,18H,10-11H2,1-9H3,(H2,21,22,23,25). The molecule has 0 amide bonds. The SMILES string of the molecule is C[Si](C)(C)Nc1nc2c(ncn2C2OC(CO[Si](C)(C)C)CC2O[Si](C)(C)C)c(=O)[nH]1. The van der Waals surface area contributed by atoms with Gasteiger partial charge in [-0.05, 0) is 39.3 Å². The Balaban J connectivity index is 1.96. The molecule has 31 heavy (non-hydrogen) atoms. The molecule has 0 aliphatic carbocycles. The molecule has 1 aliphatic heterocycles. The van der Waals surface area contributed by atoms with Gasteiger partial charge in [-0.15, -0.1) is 0 Å². The second-order valence-electron chi connectivity index (χ2n) is 11.2. The Kier molecular flexibility index (Phi) is 6.71. The molecule has 3 rings (SSSR count). The Morgan fingerprint density at radius 1 is 1.16 bits per heavy atom. The molecule has 2 aromatic heterocycles. The lowest BCUT2D eigenvalue weighted by Crippen LogP contribution is -2.35. The summed E-state index contributed by atoms with van der Waals surface area (Å²) < 4.78 is 20.8. The van der Waals surface area contributed by atoms with Crippen molar-refractivity contribution in [2.75, 3.05) is 11.6 Å². The van der Waals surface area contributed by atoms with Crippen molar-refractivity contribution in [2.45, 2.75) is 83.8 Å². The molecule has 0 aromatic carbocycles. The van der Waals surface area contributed by atoms with Crippen LogP contribution >= 0.6 is 0 Å². The van der Waals surface area contributed by atoms with Gasteiger partial charge in [0, 0.05) is 6.42 Å². The van der Waals surface area contributed by atoms with Crippen LogP contribution in [0.25, 0.3) is 11.2 Å². The van der Waals surface area contributed by atoms with Crippen LogP contribution in [0.1, 0.15) is 12.6 Å². The summed E-state index contributed by atoms with van der Waals surface area (Å²) in [6.45, 7) is 20.0. The third kappa shape index (κ3) is 6.59. The zero-order valence-electron chi connectivity index (χ0n) is 20.2. The monoisotopic (exact) mass is 483 g/mol. The summed E-state index contributed by atoms with van der Waals surface area (Å²) in [6.07, 6.45) is 1.76. The maximum atomic E-state index is 12.6. The van der Waals surface area contributed by atoms with Gasteiger partial charge in [0.15, 0.2) is 40.0 Å². The zero-order valence-corrected chi connectivity index (χ0v) is 23.2. The first-order valence-electron chi connectivity index (χ1n) is 10.8. The van der Waals surface area contributed by atoms with Crippen LogP contribution in [-0.4, -0.2) is 63.2 Å². The van der Waals surface area contributed by atoms with E-state index >= 15 is 0 Å². The minimum atomic E-state index is -1.83. The second kappa shape index (κ2) is 8.56. The largest absolute Gasteiger partial charge is 0.415 e. The summed E-state index contributed by atoms with van der Waals surface area (Å²) in [6, 6.07) is 0. The molecule has 1 fully saturated rings. The molecular weight excluding hydrogens is 446 g/mol. The molecule has 3 atom stereocenters. The molecule has 2 N–H and O–H groups in total. The summed E-state index contributed by atoms with van der Waals surface area (Å²) in [5.74, 6) is 0.470. The molecule has 0 saturated carbocycles. The summed E-state index contributed by atoms with van der Waals surface area (Å²) in [5, 5.41) is 0. The minimum Gasteiger partial charge on any atom is -0.415 e. The molecule has 3 unspecified atom stereocenters. The highest BCUT2D eigenvalue weighted by Gasteiger charge is 2.41. The summed E-state index contributed by atoms with van der Waals surface area (Å²) in [7, 11) is -5.18. The molecule has 174 valence electrons. The highest BCUT2D eigenvalue weighted by Crippen LogP contribution is 2.35. The first-order chi connectivity index (χ1) is 14.1. The van der Waals surface area contributed by atoms with E-state index in [0.717, 1.165) is 6.42 Å². The molecule has 0 radical (unpaired) electrons. The van der Waals surface area contributed by atoms with Crippen molar-refractivity contribution < 1.29 is 13.6 Å². The smallest absolute Gasteiger partial charge is 0.280 e. The lowest BCUT2D eigenvalue weighted by Gasteiger charge is -2.27. The van der Waals surface area contributed by atoms with Crippen molar-refractivity contribution in [2.24, 2.45) is 0 Å². The van der Waals surface area contributed by atoms with Gasteiger partial charge in [0.05, 0.1) is 25.1 Å². The van der Waals surface area contributed by atoms with E-state index in [-0.39, 0.29) is 17.8 Å². The first kappa shape index (κ1) is 24.3. The average Bonchev–Trinajstić information content (AvgIpc) is 3.13. The highest BCUT2D eigenvalue weighted by molar-refractivity contribution is 6.79. The molecule has 12 heteroatoms. The Bertz CT molecular complexity index is 974. The van der Waals surface area contributed by atoms with Gasteiger partial charge >= 0.3 is 0 Å². The molecule has 0 spiro atoms. The topological polar surface area (TPSA) is 103 Å². The summed E-state index contributed by atoms with van der Waals surface area (Å²) in [4.78, 5) is 27.8. The number of imidazole rings is 1. The van der Waals surface area contributed by atoms with Crippen molar-refractivity contribution in [1.82, 2.24) is 19.5 Å². The van der Waals surface area contributed by atoms with Gasteiger partial charge in [0.25, 0.3) is 5.56 Å².